The number of ketones is 1. The molecule has 0 spiro atoms. The van der Waals surface area contributed by atoms with Crippen molar-refractivity contribution in [2.75, 3.05) is 34.5 Å². The van der Waals surface area contributed by atoms with Crippen LogP contribution in [0.25, 0.3) is 5.76 Å². The van der Waals surface area contributed by atoms with Gasteiger partial charge in [0.1, 0.15) is 29.6 Å². The van der Waals surface area contributed by atoms with Gasteiger partial charge in [-0.05, 0) is 29.3 Å². The number of methoxy groups -OCH3 is 3. The van der Waals surface area contributed by atoms with Gasteiger partial charge in [0.05, 0.1) is 43.0 Å². The van der Waals surface area contributed by atoms with Crippen LogP contribution in [-0.2, 0) is 20.9 Å². The fourth-order valence-electron chi connectivity index (χ4n) is 4.35. The molecule has 0 radical (unpaired) electrons. The molecule has 38 heavy (non-hydrogen) atoms. The average Bonchev–Trinajstić information content (AvgIpc) is 3.20. The van der Waals surface area contributed by atoms with Gasteiger partial charge in [0.2, 0.25) is 0 Å². The second-order valence-corrected chi connectivity index (χ2v) is 8.93. The first kappa shape index (κ1) is 27.0. The Hall–Kier alpha value is -4.01. The molecule has 198 valence electrons. The van der Waals surface area contributed by atoms with E-state index >= 15 is 0 Å². The molecule has 0 aliphatic carbocycles. The highest BCUT2D eigenvalue weighted by atomic mass is 35.5. The van der Waals surface area contributed by atoms with E-state index in [0.717, 1.165) is 5.56 Å². The van der Waals surface area contributed by atoms with Crippen LogP contribution in [0.1, 0.15) is 22.7 Å². The predicted molar refractivity (Wildman–Crippen MR) is 143 cm³/mol. The first-order chi connectivity index (χ1) is 18.4. The fraction of sp³-hybridized carbons (Fsp3) is 0.241. The average molecular weight is 538 g/mol. The Bertz CT molecular complexity index is 1360. The van der Waals surface area contributed by atoms with Gasteiger partial charge in [-0.1, -0.05) is 54.1 Å². The van der Waals surface area contributed by atoms with Gasteiger partial charge in [-0.2, -0.15) is 0 Å². The van der Waals surface area contributed by atoms with E-state index in [1.54, 1.807) is 24.3 Å². The summed E-state index contributed by atoms with van der Waals surface area (Å²) in [5.41, 5.74) is 1.65. The smallest absolute Gasteiger partial charge is 0.295 e. The molecule has 0 bridgehead atoms. The summed E-state index contributed by atoms with van der Waals surface area (Å²) in [4.78, 5) is 27.8. The van der Waals surface area contributed by atoms with Crippen LogP contribution < -0.4 is 14.2 Å². The van der Waals surface area contributed by atoms with Gasteiger partial charge >= 0.3 is 0 Å². The number of Topliss-reactive ketones (excluding diaryl/α,β-unsaturated/α-hetero) is 1. The number of rotatable bonds is 10. The Morgan fingerprint density at radius 2 is 1.68 bits per heavy atom. The molecule has 1 aliphatic rings. The van der Waals surface area contributed by atoms with Gasteiger partial charge in [0.25, 0.3) is 11.7 Å². The standard InChI is InChI=1S/C29H28ClNO7/c1-35-13-12-31-26(19-10-7-11-20(14-19)38-17-18-8-5-4-6-9-18)25(28(33)29(31)34)27(32)21-15-22(30)24(37-3)16-23(21)36-2/h4-11,14-16,26,32H,12-13,17H2,1-3H3/b27-25+. The number of amides is 1. The van der Waals surface area contributed by atoms with Crippen molar-refractivity contribution in [2.24, 2.45) is 0 Å². The molecule has 9 heteroatoms. The van der Waals surface area contributed by atoms with Crippen molar-refractivity contribution in [1.82, 2.24) is 4.90 Å². The van der Waals surface area contributed by atoms with Crippen LogP contribution in [0.5, 0.6) is 17.2 Å². The highest BCUT2D eigenvalue weighted by molar-refractivity contribution is 6.46. The molecule has 1 heterocycles. The van der Waals surface area contributed by atoms with Crippen molar-refractivity contribution in [1.29, 1.82) is 0 Å². The number of likely N-dealkylation sites (tertiary alicyclic amines) is 1. The fourth-order valence-corrected chi connectivity index (χ4v) is 4.59. The number of hydrogen-bond acceptors (Lipinski definition) is 7. The van der Waals surface area contributed by atoms with Crippen LogP contribution in [0.2, 0.25) is 5.02 Å². The summed E-state index contributed by atoms with van der Waals surface area (Å²) in [5, 5.41) is 11.6. The third-order valence-electron chi connectivity index (χ3n) is 6.23. The van der Waals surface area contributed by atoms with Crippen molar-refractivity contribution in [3.05, 3.63) is 94.0 Å². The van der Waals surface area contributed by atoms with Crippen molar-refractivity contribution in [2.45, 2.75) is 12.6 Å². The summed E-state index contributed by atoms with van der Waals surface area (Å²) in [5.74, 6) is -0.874. The summed E-state index contributed by atoms with van der Waals surface area (Å²) < 4.78 is 21.8. The summed E-state index contributed by atoms with van der Waals surface area (Å²) in [7, 11) is 4.38. The Balaban J connectivity index is 1.80. The molecule has 0 saturated carbocycles. The maximum atomic E-state index is 13.3. The van der Waals surface area contributed by atoms with E-state index in [4.69, 9.17) is 30.5 Å². The third-order valence-corrected chi connectivity index (χ3v) is 6.52. The van der Waals surface area contributed by atoms with Gasteiger partial charge in [-0.25, -0.2) is 0 Å². The molecule has 1 aliphatic heterocycles. The summed E-state index contributed by atoms with van der Waals surface area (Å²) in [6.07, 6.45) is 0. The van der Waals surface area contributed by atoms with Crippen molar-refractivity contribution >= 4 is 29.1 Å². The molecule has 3 aromatic rings. The number of halogens is 1. The van der Waals surface area contributed by atoms with E-state index in [1.165, 1.54) is 38.4 Å². The van der Waals surface area contributed by atoms with Crippen molar-refractivity contribution in [3.63, 3.8) is 0 Å². The van der Waals surface area contributed by atoms with Crippen molar-refractivity contribution < 1.29 is 33.6 Å². The van der Waals surface area contributed by atoms with Crippen LogP contribution in [0.4, 0.5) is 0 Å². The normalized spacial score (nSPS) is 16.5. The van der Waals surface area contributed by atoms with Gasteiger partial charge in [0, 0.05) is 19.7 Å². The minimum Gasteiger partial charge on any atom is -0.507 e. The molecule has 0 aromatic heterocycles. The van der Waals surface area contributed by atoms with E-state index < -0.39 is 23.5 Å². The Morgan fingerprint density at radius 1 is 0.947 bits per heavy atom. The molecule has 8 nitrogen and oxygen atoms in total. The molecule has 1 N–H and O–H groups in total. The lowest BCUT2D eigenvalue weighted by molar-refractivity contribution is -0.140. The summed E-state index contributed by atoms with van der Waals surface area (Å²) >= 11 is 6.32. The number of carbonyl (C=O) groups is 2. The molecular formula is C29H28ClNO7. The van der Waals surface area contributed by atoms with Crippen LogP contribution >= 0.6 is 11.6 Å². The molecule has 1 saturated heterocycles. The minimum absolute atomic E-state index is 0.0918. The number of aliphatic hydroxyl groups excluding tert-OH is 1. The minimum atomic E-state index is -0.893. The highest BCUT2D eigenvalue weighted by Gasteiger charge is 2.46. The number of benzene rings is 3. The quantitative estimate of drug-likeness (QED) is 0.221. The van der Waals surface area contributed by atoms with E-state index in [0.29, 0.717) is 23.7 Å². The number of hydrogen-bond donors (Lipinski definition) is 1. The lowest BCUT2D eigenvalue weighted by Crippen LogP contribution is -2.32. The van der Waals surface area contributed by atoms with E-state index in [9.17, 15) is 14.7 Å². The van der Waals surface area contributed by atoms with Crippen LogP contribution in [0.3, 0.4) is 0 Å². The third kappa shape index (κ3) is 5.46. The zero-order valence-electron chi connectivity index (χ0n) is 21.3. The molecule has 1 unspecified atom stereocenters. The second-order valence-electron chi connectivity index (χ2n) is 8.52. The predicted octanol–water partition coefficient (Wildman–Crippen LogP) is 5.00. The van der Waals surface area contributed by atoms with Gasteiger partial charge in [-0.15, -0.1) is 0 Å². The van der Waals surface area contributed by atoms with Gasteiger partial charge in [-0.3, -0.25) is 9.59 Å². The van der Waals surface area contributed by atoms with Gasteiger partial charge in [0.15, 0.2) is 0 Å². The molecule has 1 atom stereocenters. The van der Waals surface area contributed by atoms with E-state index in [2.05, 4.69) is 0 Å². The topological polar surface area (TPSA) is 94.5 Å². The zero-order valence-corrected chi connectivity index (χ0v) is 22.0. The lowest BCUT2D eigenvalue weighted by atomic mass is 9.94. The number of nitrogens with zero attached hydrogens (tertiary/aromatic N) is 1. The van der Waals surface area contributed by atoms with Gasteiger partial charge < -0.3 is 29.0 Å². The maximum absolute atomic E-state index is 13.3. The SMILES string of the molecule is COCCN1C(=O)C(=O)/C(=C(/O)c2cc(Cl)c(OC)cc2OC)C1c1cccc(OCc2ccccc2)c1. The number of aliphatic hydroxyl groups is 1. The highest BCUT2D eigenvalue weighted by Crippen LogP contribution is 2.43. The Kier molecular flexibility index (Phi) is 8.55. The first-order valence-electron chi connectivity index (χ1n) is 11.9. The molecule has 4 rings (SSSR count). The van der Waals surface area contributed by atoms with E-state index in [1.807, 2.05) is 30.3 Å². The largest absolute Gasteiger partial charge is 0.507 e. The lowest BCUT2D eigenvalue weighted by Gasteiger charge is -2.25. The van der Waals surface area contributed by atoms with Crippen LogP contribution in [-0.4, -0.2) is 56.2 Å². The molecule has 1 amide bonds. The van der Waals surface area contributed by atoms with Crippen molar-refractivity contribution in [3.8, 4) is 17.2 Å². The Morgan fingerprint density at radius 3 is 2.37 bits per heavy atom. The van der Waals surface area contributed by atoms with E-state index in [-0.39, 0.29) is 35.1 Å². The van der Waals surface area contributed by atoms with Crippen LogP contribution in [0, 0.1) is 0 Å². The zero-order chi connectivity index (χ0) is 27.2. The molecule has 1 fully saturated rings. The summed E-state index contributed by atoms with van der Waals surface area (Å²) in [6.45, 7) is 0.680. The second kappa shape index (κ2) is 12.0. The summed E-state index contributed by atoms with van der Waals surface area (Å²) in [6, 6.07) is 18.8. The molecule has 3 aromatic carbocycles. The van der Waals surface area contributed by atoms with Crippen LogP contribution in [0.15, 0.2) is 72.3 Å². The first-order valence-corrected chi connectivity index (χ1v) is 12.2. The number of ether oxygens (including phenoxy) is 4. The monoisotopic (exact) mass is 537 g/mol. The Labute approximate surface area is 225 Å². The molecular weight excluding hydrogens is 510 g/mol. The maximum Gasteiger partial charge on any atom is 0.295 e. The number of carbonyl (C=O) groups excluding carboxylic acids is 2.